The Bertz CT molecular complexity index is 3210. The molecule has 0 saturated heterocycles. The fourth-order valence-electron chi connectivity index (χ4n) is 8.44. The van der Waals surface area contributed by atoms with Crippen LogP contribution in [0.5, 0.6) is 0 Å². The zero-order chi connectivity index (χ0) is 35.6. The summed E-state index contributed by atoms with van der Waals surface area (Å²) in [6.45, 7) is 0. The van der Waals surface area contributed by atoms with E-state index in [9.17, 15) is 0 Å². The van der Waals surface area contributed by atoms with Crippen LogP contribution in [-0.4, -0.2) is 9.55 Å². The summed E-state index contributed by atoms with van der Waals surface area (Å²) in [7, 11) is 0. The maximum atomic E-state index is 5.23. The second kappa shape index (κ2) is 12.4. The Hall–Kier alpha value is -6.81. The van der Waals surface area contributed by atoms with Crippen molar-refractivity contribution in [1.29, 1.82) is 0 Å². The van der Waals surface area contributed by atoms with Crippen LogP contribution in [0.2, 0.25) is 0 Å². The van der Waals surface area contributed by atoms with Crippen LogP contribution >= 0.6 is 11.3 Å². The third-order valence-electron chi connectivity index (χ3n) is 10.8. The summed E-state index contributed by atoms with van der Waals surface area (Å²) in [5.74, 6) is 0.928. The Balaban J connectivity index is 1.23. The minimum atomic E-state index is 0.928. The van der Waals surface area contributed by atoms with Crippen molar-refractivity contribution < 1.29 is 0 Å². The van der Waals surface area contributed by atoms with Crippen LogP contribution in [0.1, 0.15) is 0 Å². The van der Waals surface area contributed by atoms with Crippen LogP contribution in [0.15, 0.2) is 194 Å². The van der Waals surface area contributed by atoms with E-state index < -0.39 is 0 Å². The molecule has 2 nitrogen and oxygen atoms in total. The summed E-state index contributed by atoms with van der Waals surface area (Å²) >= 11 is 1.87. The van der Waals surface area contributed by atoms with Crippen LogP contribution in [0.3, 0.4) is 0 Å². The number of fused-ring (bicyclic) bond motifs is 6. The van der Waals surface area contributed by atoms with Crippen molar-refractivity contribution in [2.75, 3.05) is 0 Å². The number of hydrogen-bond donors (Lipinski definition) is 0. The number of aromatic nitrogens is 2. The van der Waals surface area contributed by atoms with E-state index in [1.807, 2.05) is 11.3 Å². The quantitative estimate of drug-likeness (QED) is 0.163. The lowest BCUT2D eigenvalue weighted by molar-refractivity contribution is 1.10. The molecule has 0 aliphatic heterocycles. The van der Waals surface area contributed by atoms with E-state index in [-0.39, 0.29) is 0 Å². The molecule has 0 fully saturated rings. The Morgan fingerprint density at radius 2 is 1.02 bits per heavy atom. The smallest absolute Gasteiger partial charge is 0.145 e. The number of hydrogen-bond acceptors (Lipinski definition) is 2. The van der Waals surface area contributed by atoms with Crippen molar-refractivity contribution in [3.8, 4) is 50.5 Å². The molecule has 11 rings (SSSR count). The van der Waals surface area contributed by atoms with Crippen LogP contribution < -0.4 is 0 Å². The first kappa shape index (κ1) is 30.8. The normalized spacial score (nSPS) is 11.7. The summed E-state index contributed by atoms with van der Waals surface area (Å²) in [5, 5.41) is 7.59. The Morgan fingerprint density at radius 1 is 0.389 bits per heavy atom. The van der Waals surface area contributed by atoms with Crippen LogP contribution in [0.4, 0.5) is 0 Å². The van der Waals surface area contributed by atoms with Gasteiger partial charge in [-0.1, -0.05) is 146 Å². The molecule has 0 atom stereocenters. The largest absolute Gasteiger partial charge is 0.292 e. The standard InChI is InChI=1S/C51H32N2S/c1-3-15-33(16-4-1)34-29-30-40-43(32-34)49(42-24-14-28-47-50(42)41-23-9-12-27-46(41)54-47)39-22-8-7-21-38(39)48(40)35-17-13-18-36(31-35)51-52-44-25-10-11-26-45(44)53(51)37-19-5-2-6-20-37/h1-32H. The summed E-state index contributed by atoms with van der Waals surface area (Å²) in [6.07, 6.45) is 0. The zero-order valence-electron chi connectivity index (χ0n) is 29.3. The van der Waals surface area contributed by atoms with E-state index in [0.29, 0.717) is 0 Å². The summed E-state index contributed by atoms with van der Waals surface area (Å²) in [6, 6.07) is 70.4. The first-order valence-corrected chi connectivity index (χ1v) is 19.2. The van der Waals surface area contributed by atoms with Crippen molar-refractivity contribution in [2.24, 2.45) is 0 Å². The van der Waals surface area contributed by atoms with Crippen molar-refractivity contribution in [1.82, 2.24) is 9.55 Å². The molecule has 3 heteroatoms. The average Bonchev–Trinajstić information content (AvgIpc) is 3.83. The predicted molar refractivity (Wildman–Crippen MR) is 231 cm³/mol. The van der Waals surface area contributed by atoms with Gasteiger partial charge in [-0.2, -0.15) is 0 Å². The minimum Gasteiger partial charge on any atom is -0.292 e. The molecule has 0 spiro atoms. The lowest BCUT2D eigenvalue weighted by Crippen LogP contribution is -1.97. The molecule has 2 aromatic heterocycles. The van der Waals surface area contributed by atoms with Gasteiger partial charge in [0.1, 0.15) is 5.82 Å². The van der Waals surface area contributed by atoms with Gasteiger partial charge in [0.05, 0.1) is 11.0 Å². The van der Waals surface area contributed by atoms with Crippen LogP contribution in [0.25, 0.3) is 103 Å². The van der Waals surface area contributed by atoms with Crippen molar-refractivity contribution in [3.05, 3.63) is 194 Å². The topological polar surface area (TPSA) is 17.8 Å². The lowest BCUT2D eigenvalue weighted by atomic mass is 9.83. The number of nitrogens with zero attached hydrogens (tertiary/aromatic N) is 2. The molecule has 0 aliphatic rings. The third-order valence-corrected chi connectivity index (χ3v) is 11.9. The van der Waals surface area contributed by atoms with Crippen LogP contribution in [-0.2, 0) is 0 Å². The summed E-state index contributed by atoms with van der Waals surface area (Å²) < 4.78 is 4.91. The Labute approximate surface area is 316 Å². The second-order valence-corrected chi connectivity index (χ2v) is 15.0. The highest BCUT2D eigenvalue weighted by atomic mass is 32.1. The molecule has 2 heterocycles. The van der Waals surface area contributed by atoms with Gasteiger partial charge in [-0.25, -0.2) is 4.98 Å². The fourth-order valence-corrected chi connectivity index (χ4v) is 9.58. The molecule has 0 amide bonds. The lowest BCUT2D eigenvalue weighted by Gasteiger charge is -2.20. The molecule has 54 heavy (non-hydrogen) atoms. The van der Waals surface area contributed by atoms with Gasteiger partial charge in [0.2, 0.25) is 0 Å². The Morgan fingerprint density at radius 3 is 1.87 bits per heavy atom. The number of thiophene rings is 1. The van der Waals surface area contributed by atoms with Gasteiger partial charge in [0, 0.05) is 31.4 Å². The zero-order valence-corrected chi connectivity index (χ0v) is 30.1. The van der Waals surface area contributed by atoms with E-state index in [4.69, 9.17) is 4.98 Å². The number of benzene rings is 9. The fraction of sp³-hybridized carbons (Fsp3) is 0. The molecule has 0 N–H and O–H groups in total. The van der Waals surface area contributed by atoms with Gasteiger partial charge >= 0.3 is 0 Å². The third kappa shape index (κ3) is 4.83. The highest BCUT2D eigenvalue weighted by Gasteiger charge is 2.21. The van der Waals surface area contributed by atoms with Gasteiger partial charge in [-0.15, -0.1) is 11.3 Å². The first-order valence-electron chi connectivity index (χ1n) is 18.4. The number of imidazole rings is 1. The predicted octanol–water partition coefficient (Wildman–Crippen LogP) is 14.4. The van der Waals surface area contributed by atoms with E-state index in [0.717, 1.165) is 28.1 Å². The first-order chi connectivity index (χ1) is 26.8. The Kier molecular flexibility index (Phi) is 7.07. The SMILES string of the molecule is c1ccc(-c2ccc3c(-c4cccc(-c5nc6ccccc6n5-c5ccccc5)c4)c4ccccc4c(-c4cccc5sc6ccccc6c45)c3c2)cc1. The van der Waals surface area contributed by atoms with E-state index in [1.165, 1.54) is 75.1 Å². The van der Waals surface area contributed by atoms with E-state index in [2.05, 4.69) is 199 Å². The molecular formula is C51H32N2S. The van der Waals surface area contributed by atoms with Crippen LogP contribution in [0, 0.1) is 0 Å². The molecule has 11 aromatic rings. The molecule has 0 saturated carbocycles. The second-order valence-electron chi connectivity index (χ2n) is 13.9. The molecule has 0 radical (unpaired) electrons. The van der Waals surface area contributed by atoms with Gasteiger partial charge in [0.25, 0.3) is 0 Å². The van der Waals surface area contributed by atoms with Gasteiger partial charge in [-0.05, 0) is 103 Å². The maximum absolute atomic E-state index is 5.23. The van der Waals surface area contributed by atoms with Gasteiger partial charge in [0.15, 0.2) is 0 Å². The summed E-state index contributed by atoms with van der Waals surface area (Å²) in [5.41, 5.74) is 11.6. The molecule has 0 aliphatic carbocycles. The summed E-state index contributed by atoms with van der Waals surface area (Å²) in [4.78, 5) is 5.23. The monoisotopic (exact) mass is 704 g/mol. The van der Waals surface area contributed by atoms with Crippen molar-refractivity contribution >= 4 is 64.1 Å². The molecular weight excluding hydrogens is 673 g/mol. The number of rotatable bonds is 5. The van der Waals surface area contributed by atoms with Crippen molar-refractivity contribution in [3.63, 3.8) is 0 Å². The highest BCUT2D eigenvalue weighted by Crippen LogP contribution is 2.49. The molecule has 0 bridgehead atoms. The molecule has 252 valence electrons. The maximum Gasteiger partial charge on any atom is 0.145 e. The minimum absolute atomic E-state index is 0.928. The highest BCUT2D eigenvalue weighted by molar-refractivity contribution is 7.25. The van der Waals surface area contributed by atoms with E-state index >= 15 is 0 Å². The van der Waals surface area contributed by atoms with Crippen molar-refractivity contribution in [2.45, 2.75) is 0 Å². The van der Waals surface area contributed by atoms with Gasteiger partial charge in [-0.3, -0.25) is 4.57 Å². The molecule has 9 aromatic carbocycles. The molecule has 0 unspecified atom stereocenters. The van der Waals surface area contributed by atoms with Gasteiger partial charge < -0.3 is 0 Å². The average molecular weight is 705 g/mol. The van der Waals surface area contributed by atoms with E-state index in [1.54, 1.807) is 0 Å². The number of para-hydroxylation sites is 3.